The predicted octanol–water partition coefficient (Wildman–Crippen LogP) is 3.49. The van der Waals surface area contributed by atoms with Crippen LogP contribution in [0.1, 0.15) is 28.3 Å². The normalized spacial score (nSPS) is 15.2. The molecule has 1 aliphatic rings. The van der Waals surface area contributed by atoms with E-state index in [9.17, 15) is 10.1 Å². The molecule has 1 atom stereocenters. The highest BCUT2D eigenvalue weighted by Crippen LogP contribution is 2.40. The lowest BCUT2D eigenvalue weighted by atomic mass is 9.84. The minimum absolute atomic E-state index is 0.0204. The van der Waals surface area contributed by atoms with Gasteiger partial charge < -0.3 is 19.8 Å². The molecule has 1 aromatic heterocycles. The van der Waals surface area contributed by atoms with E-state index < -0.39 is 5.92 Å². The number of rotatable bonds is 4. The fourth-order valence-electron chi connectivity index (χ4n) is 3.57. The molecule has 30 heavy (non-hydrogen) atoms. The molecule has 4 rings (SSSR count). The zero-order chi connectivity index (χ0) is 21.3. The van der Waals surface area contributed by atoms with Gasteiger partial charge in [-0.15, -0.1) is 0 Å². The number of nitrogens with two attached hydrogens (primary N) is 1. The van der Waals surface area contributed by atoms with Crippen molar-refractivity contribution in [3.05, 3.63) is 105 Å². The monoisotopic (exact) mass is 399 g/mol. The van der Waals surface area contributed by atoms with Gasteiger partial charge in [0.2, 0.25) is 5.88 Å². The van der Waals surface area contributed by atoms with Crippen molar-refractivity contribution >= 4 is 0 Å². The second-order valence-electron chi connectivity index (χ2n) is 7.20. The van der Waals surface area contributed by atoms with Crippen LogP contribution in [0.5, 0.6) is 11.5 Å². The van der Waals surface area contributed by atoms with Crippen LogP contribution in [0.25, 0.3) is 0 Å². The van der Waals surface area contributed by atoms with Crippen molar-refractivity contribution in [1.82, 2.24) is 4.57 Å². The molecule has 0 unspecified atom stereocenters. The molecule has 6 heteroatoms. The van der Waals surface area contributed by atoms with Crippen molar-refractivity contribution in [2.24, 2.45) is 12.8 Å². The number of nitrogens with zero attached hydrogens (tertiary/aromatic N) is 2. The number of aromatic nitrogens is 1. The Morgan fingerprint density at radius 3 is 2.53 bits per heavy atom. The van der Waals surface area contributed by atoms with E-state index in [1.54, 1.807) is 17.7 Å². The van der Waals surface area contributed by atoms with E-state index in [1.165, 1.54) is 0 Å². The summed E-state index contributed by atoms with van der Waals surface area (Å²) in [7, 11) is 1.70. The molecule has 2 N–H and O–H groups in total. The average Bonchev–Trinajstić information content (AvgIpc) is 2.76. The minimum atomic E-state index is -0.596. The Hall–Kier alpha value is -3.98. The molecule has 0 radical (unpaired) electrons. The third-order valence-electron chi connectivity index (χ3n) is 5.31. The fraction of sp³-hybridized carbons (Fsp3) is 0.167. The van der Waals surface area contributed by atoms with E-state index in [-0.39, 0.29) is 17.0 Å². The van der Waals surface area contributed by atoms with Crippen molar-refractivity contribution in [3.63, 3.8) is 0 Å². The first-order chi connectivity index (χ1) is 14.5. The van der Waals surface area contributed by atoms with E-state index in [1.807, 2.05) is 61.5 Å². The Kier molecular flexibility index (Phi) is 5.03. The van der Waals surface area contributed by atoms with Gasteiger partial charge in [0, 0.05) is 18.8 Å². The third-order valence-corrected chi connectivity index (χ3v) is 5.31. The molecule has 0 saturated heterocycles. The molecule has 0 amide bonds. The molecular formula is C24H21N3O3. The average molecular weight is 399 g/mol. The number of aryl methyl sites for hydroxylation is 1. The summed E-state index contributed by atoms with van der Waals surface area (Å²) in [5.74, 6) is 0.511. The highest BCUT2D eigenvalue weighted by atomic mass is 16.5. The summed E-state index contributed by atoms with van der Waals surface area (Å²) in [5.41, 5.74) is 9.02. The number of hydrogen-bond acceptors (Lipinski definition) is 5. The highest BCUT2D eigenvalue weighted by molar-refractivity contribution is 5.55. The maximum Gasteiger partial charge on any atom is 0.258 e. The summed E-state index contributed by atoms with van der Waals surface area (Å²) in [5, 5.41) is 9.70. The van der Waals surface area contributed by atoms with Gasteiger partial charge in [-0.3, -0.25) is 4.79 Å². The van der Waals surface area contributed by atoms with Gasteiger partial charge in [0.15, 0.2) is 0 Å². The Morgan fingerprint density at radius 1 is 1.17 bits per heavy atom. The number of ether oxygens (including phenoxy) is 2. The zero-order valence-corrected chi connectivity index (χ0v) is 16.8. The van der Waals surface area contributed by atoms with Crippen LogP contribution in [0.15, 0.2) is 76.9 Å². The van der Waals surface area contributed by atoms with E-state index in [0.29, 0.717) is 23.7 Å². The number of pyridine rings is 1. The summed E-state index contributed by atoms with van der Waals surface area (Å²) in [6.07, 6.45) is 0. The molecule has 3 aromatic rings. The number of allylic oxidation sites excluding steroid dienone is 1. The van der Waals surface area contributed by atoms with Crippen LogP contribution in [0.3, 0.4) is 0 Å². The van der Waals surface area contributed by atoms with Gasteiger partial charge in [-0.25, -0.2) is 0 Å². The summed E-state index contributed by atoms with van der Waals surface area (Å²) in [6, 6.07) is 21.1. The van der Waals surface area contributed by atoms with E-state index in [2.05, 4.69) is 6.07 Å². The van der Waals surface area contributed by atoms with E-state index in [4.69, 9.17) is 15.2 Å². The lowest BCUT2D eigenvalue weighted by Crippen LogP contribution is -2.31. The van der Waals surface area contributed by atoms with Crippen molar-refractivity contribution in [2.45, 2.75) is 19.4 Å². The van der Waals surface area contributed by atoms with Gasteiger partial charge >= 0.3 is 0 Å². The molecule has 2 aromatic carbocycles. The minimum Gasteiger partial charge on any atom is -0.489 e. The maximum absolute atomic E-state index is 13.0. The molecule has 0 bridgehead atoms. The first kappa shape index (κ1) is 19.3. The molecule has 2 heterocycles. The van der Waals surface area contributed by atoms with E-state index in [0.717, 1.165) is 16.8 Å². The molecule has 1 aliphatic heterocycles. The van der Waals surface area contributed by atoms with Crippen LogP contribution < -0.4 is 20.8 Å². The Bertz CT molecular complexity index is 1220. The smallest absolute Gasteiger partial charge is 0.258 e. The molecule has 0 spiro atoms. The maximum atomic E-state index is 13.0. The summed E-state index contributed by atoms with van der Waals surface area (Å²) in [4.78, 5) is 13.0. The second kappa shape index (κ2) is 7.80. The second-order valence-corrected chi connectivity index (χ2v) is 7.20. The SMILES string of the molecule is Cc1cc2c(c(=O)n1C)[C@H](c1ccc(OCc3ccccc3)cc1)C(C#N)=C(N)O2. The number of benzene rings is 2. The van der Waals surface area contributed by atoms with Crippen LogP contribution in [0, 0.1) is 18.3 Å². The van der Waals surface area contributed by atoms with Gasteiger partial charge in [-0.1, -0.05) is 42.5 Å². The lowest BCUT2D eigenvalue weighted by molar-refractivity contribution is 0.306. The van der Waals surface area contributed by atoms with Crippen molar-refractivity contribution < 1.29 is 9.47 Å². The number of hydrogen-bond donors (Lipinski definition) is 1. The fourth-order valence-corrected chi connectivity index (χ4v) is 3.57. The van der Waals surface area contributed by atoms with Crippen molar-refractivity contribution in [1.29, 1.82) is 5.26 Å². The Labute approximate surface area is 174 Å². The zero-order valence-electron chi connectivity index (χ0n) is 16.8. The van der Waals surface area contributed by atoms with Crippen LogP contribution in [-0.2, 0) is 13.7 Å². The molecule has 150 valence electrons. The predicted molar refractivity (Wildman–Crippen MR) is 113 cm³/mol. The molecule has 6 nitrogen and oxygen atoms in total. The summed E-state index contributed by atoms with van der Waals surface area (Å²) >= 11 is 0. The quantitative estimate of drug-likeness (QED) is 0.725. The van der Waals surface area contributed by atoms with Gasteiger partial charge in [0.25, 0.3) is 5.56 Å². The standard InChI is InChI=1S/C24H21N3O3/c1-15-12-20-22(24(28)27(15)2)21(19(13-25)23(26)30-20)17-8-10-18(11-9-17)29-14-16-6-4-3-5-7-16/h3-12,21H,14,26H2,1-2H3/t21-/m1/s1. The summed E-state index contributed by atoms with van der Waals surface area (Å²) in [6.45, 7) is 2.27. The van der Waals surface area contributed by atoms with Gasteiger partial charge in [-0.2, -0.15) is 5.26 Å². The number of fused-ring (bicyclic) bond motifs is 1. The number of nitriles is 1. The molecule has 0 aliphatic carbocycles. The Morgan fingerprint density at radius 2 is 1.87 bits per heavy atom. The summed E-state index contributed by atoms with van der Waals surface area (Å²) < 4.78 is 13.0. The largest absolute Gasteiger partial charge is 0.489 e. The van der Waals surface area contributed by atoms with Crippen LogP contribution >= 0.6 is 0 Å². The highest BCUT2D eigenvalue weighted by Gasteiger charge is 2.33. The van der Waals surface area contributed by atoms with Gasteiger partial charge in [0.05, 0.1) is 11.5 Å². The van der Waals surface area contributed by atoms with Crippen LogP contribution in [-0.4, -0.2) is 4.57 Å². The molecule has 0 saturated carbocycles. The molecular weight excluding hydrogens is 378 g/mol. The van der Waals surface area contributed by atoms with Crippen LogP contribution in [0.4, 0.5) is 0 Å². The first-order valence-corrected chi connectivity index (χ1v) is 9.54. The van der Waals surface area contributed by atoms with Gasteiger partial charge in [0.1, 0.15) is 29.7 Å². The van der Waals surface area contributed by atoms with Gasteiger partial charge in [-0.05, 0) is 30.2 Å². The topological polar surface area (TPSA) is 90.3 Å². The van der Waals surface area contributed by atoms with E-state index >= 15 is 0 Å². The van der Waals surface area contributed by atoms with Crippen molar-refractivity contribution in [2.75, 3.05) is 0 Å². The third kappa shape index (κ3) is 3.42. The van der Waals surface area contributed by atoms with Crippen LogP contribution in [0.2, 0.25) is 0 Å². The lowest BCUT2D eigenvalue weighted by Gasteiger charge is -2.26. The Balaban J connectivity index is 1.70. The molecule has 0 fully saturated rings. The van der Waals surface area contributed by atoms with Crippen molar-refractivity contribution in [3.8, 4) is 17.6 Å². The first-order valence-electron chi connectivity index (χ1n) is 9.54.